The van der Waals surface area contributed by atoms with E-state index in [0.29, 0.717) is 18.0 Å². The molecule has 3 heterocycles. The third kappa shape index (κ3) is 4.05. The lowest BCUT2D eigenvalue weighted by Crippen LogP contribution is -2.42. The quantitative estimate of drug-likeness (QED) is 0.799. The normalized spacial score (nSPS) is 17.9. The summed E-state index contributed by atoms with van der Waals surface area (Å²) in [5.74, 6) is 4.04. The number of nitrogens with one attached hydrogen (secondary N) is 1. The maximum Gasteiger partial charge on any atom is 0.231 e. The van der Waals surface area contributed by atoms with E-state index in [1.165, 1.54) is 0 Å². The molecule has 0 bridgehead atoms. The summed E-state index contributed by atoms with van der Waals surface area (Å²) in [6.07, 6.45) is 0. The van der Waals surface area contributed by atoms with E-state index in [1.807, 2.05) is 25.1 Å². The van der Waals surface area contributed by atoms with E-state index < -0.39 is 0 Å². The summed E-state index contributed by atoms with van der Waals surface area (Å²) in [5, 5.41) is 3.55. The molecular formula is C20H26N2O5. The van der Waals surface area contributed by atoms with Gasteiger partial charge in [0.25, 0.3) is 0 Å². The second kappa shape index (κ2) is 8.21. The molecule has 4 rings (SSSR count). The third-order valence-electron chi connectivity index (χ3n) is 4.96. The third-order valence-corrected chi connectivity index (χ3v) is 4.96. The Bertz CT molecular complexity index is 770. The van der Waals surface area contributed by atoms with Crippen molar-refractivity contribution < 1.29 is 23.4 Å². The fourth-order valence-corrected chi connectivity index (χ4v) is 3.57. The Morgan fingerprint density at radius 3 is 2.78 bits per heavy atom. The molecular weight excluding hydrogens is 348 g/mol. The first-order valence-electron chi connectivity index (χ1n) is 9.30. The number of furan rings is 1. The van der Waals surface area contributed by atoms with E-state index in [4.69, 9.17) is 23.4 Å². The van der Waals surface area contributed by atoms with Crippen molar-refractivity contribution in [1.82, 2.24) is 10.2 Å². The standard InChI is InChI=1S/C20H26N2O5/c1-14-3-4-17(27-14)16(22-5-7-24-8-6-22)12-21-11-15-9-18(23-2)20-19(10-15)25-13-26-20/h3-4,9-10,16,21H,5-8,11-13H2,1-2H3. The van der Waals surface area contributed by atoms with Crippen LogP contribution < -0.4 is 19.5 Å². The molecule has 0 amide bonds. The highest BCUT2D eigenvalue weighted by Crippen LogP contribution is 2.41. The Hall–Kier alpha value is -2.22. The van der Waals surface area contributed by atoms with Gasteiger partial charge in [-0.1, -0.05) is 0 Å². The maximum atomic E-state index is 5.92. The van der Waals surface area contributed by atoms with Gasteiger partial charge < -0.3 is 28.7 Å². The first kappa shape index (κ1) is 18.2. The van der Waals surface area contributed by atoms with Crippen molar-refractivity contribution >= 4 is 0 Å². The summed E-state index contributed by atoms with van der Waals surface area (Å²) in [5.41, 5.74) is 1.09. The highest BCUT2D eigenvalue weighted by molar-refractivity contribution is 5.55. The van der Waals surface area contributed by atoms with Crippen molar-refractivity contribution in [1.29, 1.82) is 0 Å². The van der Waals surface area contributed by atoms with E-state index in [0.717, 1.165) is 55.7 Å². The van der Waals surface area contributed by atoms with Crippen LogP contribution in [0.25, 0.3) is 0 Å². The smallest absolute Gasteiger partial charge is 0.231 e. The van der Waals surface area contributed by atoms with Crippen LogP contribution in [0.15, 0.2) is 28.7 Å². The molecule has 2 aliphatic rings. The minimum Gasteiger partial charge on any atom is -0.493 e. The first-order chi connectivity index (χ1) is 13.2. The predicted octanol–water partition coefficient (Wildman–Crippen LogP) is 2.49. The summed E-state index contributed by atoms with van der Waals surface area (Å²) >= 11 is 0. The Morgan fingerprint density at radius 1 is 1.19 bits per heavy atom. The molecule has 1 saturated heterocycles. The number of rotatable bonds is 7. The molecule has 1 N–H and O–H groups in total. The number of methoxy groups -OCH3 is 1. The van der Waals surface area contributed by atoms with Gasteiger partial charge in [-0.15, -0.1) is 0 Å². The van der Waals surface area contributed by atoms with Gasteiger partial charge in [0, 0.05) is 26.2 Å². The van der Waals surface area contributed by atoms with Gasteiger partial charge in [-0.25, -0.2) is 0 Å². The summed E-state index contributed by atoms with van der Waals surface area (Å²) in [7, 11) is 1.64. The van der Waals surface area contributed by atoms with Crippen LogP contribution in [-0.4, -0.2) is 51.7 Å². The maximum absolute atomic E-state index is 5.92. The van der Waals surface area contributed by atoms with E-state index in [2.05, 4.69) is 16.3 Å². The Morgan fingerprint density at radius 2 is 2.04 bits per heavy atom. The number of hydrogen-bond acceptors (Lipinski definition) is 7. The van der Waals surface area contributed by atoms with Gasteiger partial charge in [0.2, 0.25) is 12.5 Å². The van der Waals surface area contributed by atoms with Crippen LogP contribution in [0.2, 0.25) is 0 Å². The highest BCUT2D eigenvalue weighted by atomic mass is 16.7. The van der Waals surface area contributed by atoms with Crippen LogP contribution in [0.1, 0.15) is 23.1 Å². The fourth-order valence-electron chi connectivity index (χ4n) is 3.57. The lowest BCUT2D eigenvalue weighted by atomic mass is 10.1. The molecule has 1 fully saturated rings. The van der Waals surface area contributed by atoms with Crippen LogP contribution in [0.3, 0.4) is 0 Å². The SMILES string of the molecule is COc1cc(CNCC(c2ccc(C)o2)N2CCOCC2)cc2c1OCO2. The summed E-state index contributed by atoms with van der Waals surface area (Å²) in [6.45, 7) is 7.03. The molecule has 1 atom stereocenters. The van der Waals surface area contributed by atoms with Crippen LogP contribution >= 0.6 is 0 Å². The molecule has 1 aromatic heterocycles. The number of fused-ring (bicyclic) bond motifs is 1. The average molecular weight is 374 g/mol. The molecule has 2 aliphatic heterocycles. The highest BCUT2D eigenvalue weighted by Gasteiger charge is 2.25. The van der Waals surface area contributed by atoms with Crippen molar-refractivity contribution in [3.63, 3.8) is 0 Å². The van der Waals surface area contributed by atoms with Crippen molar-refractivity contribution in [3.8, 4) is 17.2 Å². The van der Waals surface area contributed by atoms with Crippen LogP contribution in [0.5, 0.6) is 17.2 Å². The molecule has 0 saturated carbocycles. The molecule has 1 unspecified atom stereocenters. The molecule has 7 heteroatoms. The second-order valence-electron chi connectivity index (χ2n) is 6.78. The lowest BCUT2D eigenvalue weighted by molar-refractivity contribution is 0.0115. The van der Waals surface area contributed by atoms with Gasteiger partial charge >= 0.3 is 0 Å². The molecule has 0 radical (unpaired) electrons. The average Bonchev–Trinajstić information content (AvgIpc) is 3.34. The second-order valence-corrected chi connectivity index (χ2v) is 6.78. The summed E-state index contributed by atoms with van der Waals surface area (Å²) in [6, 6.07) is 8.25. The lowest BCUT2D eigenvalue weighted by Gasteiger charge is -2.33. The van der Waals surface area contributed by atoms with Gasteiger partial charge in [0.15, 0.2) is 11.5 Å². The van der Waals surface area contributed by atoms with Crippen LogP contribution in [0, 0.1) is 6.92 Å². The number of aryl methyl sites for hydroxylation is 1. The zero-order chi connectivity index (χ0) is 18.6. The number of nitrogens with zero attached hydrogens (tertiary/aromatic N) is 1. The number of hydrogen-bond donors (Lipinski definition) is 1. The molecule has 0 aliphatic carbocycles. The van der Waals surface area contributed by atoms with Gasteiger partial charge in [-0.3, -0.25) is 4.90 Å². The zero-order valence-electron chi connectivity index (χ0n) is 15.8. The molecule has 7 nitrogen and oxygen atoms in total. The predicted molar refractivity (Wildman–Crippen MR) is 99.4 cm³/mol. The van der Waals surface area contributed by atoms with E-state index >= 15 is 0 Å². The first-order valence-corrected chi connectivity index (χ1v) is 9.30. The Balaban J connectivity index is 1.43. The molecule has 27 heavy (non-hydrogen) atoms. The van der Waals surface area contributed by atoms with E-state index in [-0.39, 0.29) is 12.8 Å². The minimum absolute atomic E-state index is 0.179. The van der Waals surface area contributed by atoms with Gasteiger partial charge in [0.1, 0.15) is 11.5 Å². The van der Waals surface area contributed by atoms with Gasteiger partial charge in [-0.05, 0) is 36.8 Å². The number of benzene rings is 1. The van der Waals surface area contributed by atoms with Gasteiger partial charge in [-0.2, -0.15) is 0 Å². The Labute approximate surface area is 159 Å². The Kier molecular flexibility index (Phi) is 5.52. The molecule has 146 valence electrons. The molecule has 1 aromatic carbocycles. The van der Waals surface area contributed by atoms with Crippen molar-refractivity contribution in [2.75, 3.05) is 46.8 Å². The van der Waals surface area contributed by atoms with E-state index in [9.17, 15) is 0 Å². The van der Waals surface area contributed by atoms with Crippen molar-refractivity contribution in [2.24, 2.45) is 0 Å². The topological polar surface area (TPSA) is 65.3 Å². The monoisotopic (exact) mass is 374 g/mol. The van der Waals surface area contributed by atoms with Crippen LogP contribution in [0.4, 0.5) is 0 Å². The van der Waals surface area contributed by atoms with Crippen molar-refractivity contribution in [3.05, 3.63) is 41.3 Å². The minimum atomic E-state index is 0.179. The number of morpholine rings is 1. The largest absolute Gasteiger partial charge is 0.493 e. The van der Waals surface area contributed by atoms with Crippen molar-refractivity contribution in [2.45, 2.75) is 19.5 Å². The summed E-state index contributed by atoms with van der Waals surface area (Å²) < 4.78 is 27.8. The fraction of sp³-hybridized carbons (Fsp3) is 0.500. The molecule has 0 spiro atoms. The molecule has 2 aromatic rings. The van der Waals surface area contributed by atoms with E-state index in [1.54, 1.807) is 7.11 Å². The zero-order valence-corrected chi connectivity index (χ0v) is 15.8. The van der Waals surface area contributed by atoms with Gasteiger partial charge in [0.05, 0.1) is 26.4 Å². The van der Waals surface area contributed by atoms with Crippen LogP contribution in [-0.2, 0) is 11.3 Å². The summed E-state index contributed by atoms with van der Waals surface area (Å²) in [4.78, 5) is 2.41. The number of ether oxygens (including phenoxy) is 4.